The lowest BCUT2D eigenvalue weighted by atomic mass is 10.1. The lowest BCUT2D eigenvalue weighted by molar-refractivity contribution is 0.104. The molecular weight excluding hydrogens is 300 g/mol. The number of aromatic hydroxyl groups is 1. The van der Waals surface area contributed by atoms with Crippen molar-refractivity contribution in [1.82, 2.24) is 0 Å². The zero-order valence-electron chi connectivity index (χ0n) is 14.1. The number of carbonyl (C=O) groups is 1. The van der Waals surface area contributed by atoms with Gasteiger partial charge in [0.1, 0.15) is 11.5 Å². The predicted octanol–water partition coefficient (Wildman–Crippen LogP) is 5.25. The van der Waals surface area contributed by atoms with Gasteiger partial charge in [0.25, 0.3) is 0 Å². The van der Waals surface area contributed by atoms with E-state index in [1.54, 1.807) is 36.4 Å². The summed E-state index contributed by atoms with van der Waals surface area (Å²) in [5, 5.41) is 9.71. The number of unbranched alkanes of at least 4 members (excludes halogenated alkanes) is 3. The van der Waals surface area contributed by atoms with Crippen molar-refractivity contribution < 1.29 is 14.6 Å². The van der Waals surface area contributed by atoms with Crippen LogP contribution in [0.3, 0.4) is 0 Å². The third-order valence-corrected chi connectivity index (χ3v) is 3.74. The van der Waals surface area contributed by atoms with Crippen LogP contribution in [0.25, 0.3) is 6.08 Å². The molecule has 0 radical (unpaired) electrons. The van der Waals surface area contributed by atoms with Gasteiger partial charge in [0.2, 0.25) is 0 Å². The largest absolute Gasteiger partial charge is 0.507 e. The molecule has 0 fully saturated rings. The van der Waals surface area contributed by atoms with Gasteiger partial charge in [-0.25, -0.2) is 0 Å². The van der Waals surface area contributed by atoms with Crippen LogP contribution < -0.4 is 4.74 Å². The fourth-order valence-corrected chi connectivity index (χ4v) is 2.35. The molecule has 0 amide bonds. The Bertz CT molecular complexity index is 689. The van der Waals surface area contributed by atoms with Crippen molar-refractivity contribution in [3.05, 3.63) is 65.7 Å². The van der Waals surface area contributed by atoms with Crippen LogP contribution in [0.2, 0.25) is 0 Å². The zero-order chi connectivity index (χ0) is 17.2. The maximum absolute atomic E-state index is 12.3. The van der Waals surface area contributed by atoms with E-state index in [-0.39, 0.29) is 11.5 Å². The Morgan fingerprint density at radius 2 is 1.92 bits per heavy atom. The Hall–Kier alpha value is -2.55. The summed E-state index contributed by atoms with van der Waals surface area (Å²) in [6, 6.07) is 14.1. The molecule has 1 N–H and O–H groups in total. The van der Waals surface area contributed by atoms with E-state index in [1.807, 2.05) is 18.2 Å². The minimum Gasteiger partial charge on any atom is -0.507 e. The summed E-state index contributed by atoms with van der Waals surface area (Å²) in [6.07, 6.45) is 7.70. The predicted molar refractivity (Wildman–Crippen MR) is 97.6 cm³/mol. The molecule has 2 aromatic carbocycles. The normalized spacial score (nSPS) is 10.9. The Morgan fingerprint density at radius 3 is 2.71 bits per heavy atom. The van der Waals surface area contributed by atoms with Crippen molar-refractivity contribution in [3.8, 4) is 11.5 Å². The second-order valence-corrected chi connectivity index (χ2v) is 5.69. The van der Waals surface area contributed by atoms with E-state index in [0.717, 1.165) is 6.42 Å². The van der Waals surface area contributed by atoms with Crippen molar-refractivity contribution in [2.75, 3.05) is 6.61 Å². The summed E-state index contributed by atoms with van der Waals surface area (Å²) >= 11 is 0. The van der Waals surface area contributed by atoms with Crippen LogP contribution >= 0.6 is 0 Å². The van der Waals surface area contributed by atoms with Gasteiger partial charge in [-0.15, -0.1) is 0 Å². The fourth-order valence-electron chi connectivity index (χ4n) is 2.35. The number of hydrogen-bond donors (Lipinski definition) is 1. The number of phenolic OH excluding ortho intramolecular Hbond substituents is 1. The van der Waals surface area contributed by atoms with E-state index in [0.29, 0.717) is 23.5 Å². The van der Waals surface area contributed by atoms with Crippen LogP contribution in [0.1, 0.15) is 48.5 Å². The van der Waals surface area contributed by atoms with Crippen LogP contribution in [-0.4, -0.2) is 17.5 Å². The van der Waals surface area contributed by atoms with Crippen LogP contribution in [0.15, 0.2) is 54.6 Å². The summed E-state index contributed by atoms with van der Waals surface area (Å²) < 4.78 is 5.71. The molecule has 0 atom stereocenters. The number of allylic oxidation sites excluding steroid dienone is 1. The Morgan fingerprint density at radius 1 is 1.08 bits per heavy atom. The lowest BCUT2D eigenvalue weighted by Crippen LogP contribution is -1.99. The van der Waals surface area contributed by atoms with Crippen molar-refractivity contribution in [3.63, 3.8) is 0 Å². The van der Waals surface area contributed by atoms with Gasteiger partial charge in [0.05, 0.1) is 6.61 Å². The second kappa shape index (κ2) is 9.56. The van der Waals surface area contributed by atoms with E-state index in [1.165, 1.54) is 25.3 Å². The molecule has 2 aromatic rings. The quantitative estimate of drug-likeness (QED) is 0.389. The summed E-state index contributed by atoms with van der Waals surface area (Å²) in [4.78, 5) is 12.3. The molecule has 3 heteroatoms. The van der Waals surface area contributed by atoms with Crippen molar-refractivity contribution in [2.45, 2.75) is 32.6 Å². The number of para-hydroxylation sites is 1. The van der Waals surface area contributed by atoms with Crippen LogP contribution in [0.5, 0.6) is 11.5 Å². The molecule has 0 unspecified atom stereocenters. The third kappa shape index (κ3) is 5.58. The van der Waals surface area contributed by atoms with E-state index in [2.05, 4.69) is 6.92 Å². The number of phenols is 1. The number of ketones is 1. The highest BCUT2D eigenvalue weighted by atomic mass is 16.5. The summed E-state index contributed by atoms with van der Waals surface area (Å²) in [5.41, 5.74) is 1.20. The first kappa shape index (κ1) is 17.8. The van der Waals surface area contributed by atoms with Crippen LogP contribution in [-0.2, 0) is 0 Å². The molecule has 0 bridgehead atoms. The van der Waals surface area contributed by atoms with Crippen molar-refractivity contribution in [2.24, 2.45) is 0 Å². The first-order chi connectivity index (χ1) is 11.7. The van der Waals surface area contributed by atoms with E-state index in [4.69, 9.17) is 4.74 Å². The second-order valence-electron chi connectivity index (χ2n) is 5.69. The average molecular weight is 324 g/mol. The first-order valence-electron chi connectivity index (χ1n) is 8.44. The van der Waals surface area contributed by atoms with Gasteiger partial charge in [-0.1, -0.05) is 56.5 Å². The summed E-state index contributed by atoms with van der Waals surface area (Å²) in [6.45, 7) is 2.85. The topological polar surface area (TPSA) is 46.5 Å². The minimum atomic E-state index is -0.116. The fraction of sp³-hybridized carbons (Fsp3) is 0.286. The highest BCUT2D eigenvalue weighted by Crippen LogP contribution is 2.19. The molecule has 0 aliphatic heterocycles. The van der Waals surface area contributed by atoms with E-state index >= 15 is 0 Å². The maximum Gasteiger partial charge on any atom is 0.185 e. The van der Waals surface area contributed by atoms with Gasteiger partial charge in [-0.3, -0.25) is 4.79 Å². The molecule has 0 aliphatic rings. The molecule has 0 saturated heterocycles. The molecule has 0 aliphatic carbocycles. The molecule has 126 valence electrons. The van der Waals surface area contributed by atoms with Gasteiger partial charge in [-0.2, -0.15) is 0 Å². The molecule has 0 aromatic heterocycles. The number of carbonyl (C=O) groups excluding carboxylic acids is 1. The molecule has 24 heavy (non-hydrogen) atoms. The van der Waals surface area contributed by atoms with Gasteiger partial charge in [-0.05, 0) is 36.8 Å². The molecule has 3 nitrogen and oxygen atoms in total. The minimum absolute atomic E-state index is 0.116. The van der Waals surface area contributed by atoms with Crippen molar-refractivity contribution >= 4 is 11.9 Å². The van der Waals surface area contributed by atoms with E-state index in [9.17, 15) is 9.90 Å². The molecule has 0 spiro atoms. The molecule has 0 heterocycles. The Balaban J connectivity index is 1.95. The SMILES string of the molecule is CCCCCCOc1cccc(C(=O)C=Cc2ccccc2O)c1. The van der Waals surface area contributed by atoms with Crippen LogP contribution in [0, 0.1) is 0 Å². The monoisotopic (exact) mass is 324 g/mol. The van der Waals surface area contributed by atoms with E-state index < -0.39 is 0 Å². The highest BCUT2D eigenvalue weighted by Gasteiger charge is 2.04. The molecule has 0 saturated carbocycles. The standard InChI is InChI=1S/C21H24O3/c1-2-3-4-7-15-24-19-11-8-10-18(16-19)21(23)14-13-17-9-5-6-12-20(17)22/h5-6,8-14,16,22H,2-4,7,15H2,1H3. The highest BCUT2D eigenvalue weighted by molar-refractivity contribution is 6.07. The molecule has 2 rings (SSSR count). The summed E-state index contributed by atoms with van der Waals surface area (Å²) in [5.74, 6) is 0.758. The lowest BCUT2D eigenvalue weighted by Gasteiger charge is -2.07. The van der Waals surface area contributed by atoms with Gasteiger partial charge >= 0.3 is 0 Å². The number of benzene rings is 2. The van der Waals surface area contributed by atoms with Gasteiger partial charge in [0.15, 0.2) is 5.78 Å². The maximum atomic E-state index is 12.3. The first-order valence-corrected chi connectivity index (χ1v) is 8.44. The Kier molecular flexibility index (Phi) is 7.09. The number of rotatable bonds is 9. The van der Waals surface area contributed by atoms with Gasteiger partial charge in [0, 0.05) is 11.1 Å². The smallest absolute Gasteiger partial charge is 0.185 e. The zero-order valence-corrected chi connectivity index (χ0v) is 14.1. The number of ether oxygens (including phenoxy) is 1. The average Bonchev–Trinajstić information content (AvgIpc) is 2.61. The molecular formula is C21H24O3. The summed E-state index contributed by atoms with van der Waals surface area (Å²) in [7, 11) is 0. The van der Waals surface area contributed by atoms with Crippen LogP contribution in [0.4, 0.5) is 0 Å². The van der Waals surface area contributed by atoms with Gasteiger partial charge < -0.3 is 9.84 Å². The third-order valence-electron chi connectivity index (χ3n) is 3.74. The van der Waals surface area contributed by atoms with Crippen molar-refractivity contribution in [1.29, 1.82) is 0 Å². The Labute approximate surface area is 143 Å². The number of hydrogen-bond acceptors (Lipinski definition) is 3.